The summed E-state index contributed by atoms with van der Waals surface area (Å²) in [7, 11) is 0. The van der Waals surface area contributed by atoms with Gasteiger partial charge in [-0.05, 0) is 78.8 Å². The van der Waals surface area contributed by atoms with Crippen LogP contribution in [-0.4, -0.2) is 30.1 Å². The maximum absolute atomic E-state index is 12.7. The summed E-state index contributed by atoms with van der Waals surface area (Å²) in [6.45, 7) is 0.663. The van der Waals surface area contributed by atoms with Crippen LogP contribution in [0.1, 0.15) is 47.2 Å². The maximum atomic E-state index is 12.7. The minimum absolute atomic E-state index is 0.0985. The molecule has 0 spiro atoms. The smallest absolute Gasteiger partial charge is 0.416 e. The largest absolute Gasteiger partial charge is 0.494 e. The second-order valence-electron chi connectivity index (χ2n) is 8.36. The Morgan fingerprint density at radius 1 is 0.806 bits per heavy atom. The summed E-state index contributed by atoms with van der Waals surface area (Å²) < 4.78 is 43.9. The van der Waals surface area contributed by atoms with Crippen molar-refractivity contribution in [3.05, 3.63) is 89.5 Å². The van der Waals surface area contributed by atoms with E-state index in [2.05, 4.69) is 5.32 Å². The fourth-order valence-electron chi connectivity index (χ4n) is 3.60. The van der Waals surface area contributed by atoms with E-state index in [1.54, 1.807) is 12.1 Å². The van der Waals surface area contributed by atoms with Crippen LogP contribution in [0.5, 0.6) is 5.75 Å². The first kappa shape index (κ1) is 26.8. The van der Waals surface area contributed by atoms with Crippen molar-refractivity contribution in [3.8, 4) is 16.9 Å². The number of carbonyl (C=O) groups is 2. The lowest BCUT2D eigenvalue weighted by atomic mass is 10.0. The van der Waals surface area contributed by atoms with Gasteiger partial charge in [0.15, 0.2) is 0 Å². The molecular formula is C28H28F3NO4. The summed E-state index contributed by atoms with van der Waals surface area (Å²) in [5, 5.41) is 11.2. The summed E-state index contributed by atoms with van der Waals surface area (Å²) in [6, 6.07) is 19.6. The van der Waals surface area contributed by atoms with Crippen LogP contribution < -0.4 is 10.1 Å². The minimum Gasteiger partial charge on any atom is -0.494 e. The Balaban J connectivity index is 1.34. The monoisotopic (exact) mass is 499 g/mol. The summed E-state index contributed by atoms with van der Waals surface area (Å²) in [5.74, 6) is -0.527. The number of benzene rings is 3. The maximum Gasteiger partial charge on any atom is 0.416 e. The van der Waals surface area contributed by atoms with E-state index in [1.165, 1.54) is 12.1 Å². The Labute approximate surface area is 207 Å². The van der Waals surface area contributed by atoms with Crippen molar-refractivity contribution in [3.63, 3.8) is 0 Å². The van der Waals surface area contributed by atoms with Crippen molar-refractivity contribution in [2.75, 3.05) is 13.2 Å². The lowest BCUT2D eigenvalue weighted by Gasteiger charge is -2.09. The third kappa shape index (κ3) is 8.45. The van der Waals surface area contributed by atoms with Gasteiger partial charge in [0.2, 0.25) is 0 Å². The van der Waals surface area contributed by atoms with E-state index in [1.807, 2.05) is 36.4 Å². The number of amides is 1. The standard InChI is InChI=1S/C28H28F3NO4/c29-28(30,31)24-13-9-21(10-14-24)22-11-15-25(16-12-22)36-19-3-1-2-4-20-5-7-23(8-6-20)27(35)32-18-17-26(33)34/h5-16H,1-4,17-19H2,(H,32,35)(H,33,34). The molecule has 0 aliphatic heterocycles. The Morgan fingerprint density at radius 3 is 2.00 bits per heavy atom. The van der Waals surface area contributed by atoms with Crippen molar-refractivity contribution in [1.82, 2.24) is 5.32 Å². The number of aryl methyl sites for hydroxylation is 1. The predicted octanol–water partition coefficient (Wildman–Crippen LogP) is 6.37. The number of hydrogen-bond acceptors (Lipinski definition) is 3. The minimum atomic E-state index is -4.34. The molecule has 1 amide bonds. The van der Waals surface area contributed by atoms with Crippen LogP contribution in [0.4, 0.5) is 13.2 Å². The van der Waals surface area contributed by atoms with Gasteiger partial charge in [0.25, 0.3) is 5.91 Å². The summed E-state index contributed by atoms with van der Waals surface area (Å²) in [4.78, 5) is 22.5. The number of unbranched alkanes of at least 4 members (excludes halogenated alkanes) is 2. The Bertz CT molecular complexity index is 1130. The number of carboxylic acid groups (broad SMARTS) is 1. The van der Waals surface area contributed by atoms with E-state index in [-0.39, 0.29) is 18.9 Å². The van der Waals surface area contributed by atoms with Gasteiger partial charge in [-0.15, -0.1) is 0 Å². The second kappa shape index (κ2) is 12.8. The molecule has 3 aromatic rings. The van der Waals surface area contributed by atoms with E-state index in [9.17, 15) is 22.8 Å². The Kier molecular flexibility index (Phi) is 9.50. The Morgan fingerprint density at radius 2 is 1.42 bits per heavy atom. The first-order valence-corrected chi connectivity index (χ1v) is 11.7. The van der Waals surface area contributed by atoms with Crippen molar-refractivity contribution >= 4 is 11.9 Å². The second-order valence-corrected chi connectivity index (χ2v) is 8.36. The molecular weight excluding hydrogens is 471 g/mol. The number of halogens is 3. The highest BCUT2D eigenvalue weighted by Gasteiger charge is 2.29. The number of alkyl halides is 3. The number of rotatable bonds is 12. The molecule has 0 heterocycles. The topological polar surface area (TPSA) is 75.6 Å². The van der Waals surface area contributed by atoms with Crippen LogP contribution in [-0.2, 0) is 17.4 Å². The number of aliphatic carboxylic acids is 1. The summed E-state index contributed by atoms with van der Waals surface area (Å²) in [5.41, 5.74) is 2.49. The number of hydrogen-bond donors (Lipinski definition) is 2. The first-order valence-electron chi connectivity index (χ1n) is 11.7. The van der Waals surface area contributed by atoms with Crippen LogP contribution in [0.2, 0.25) is 0 Å². The van der Waals surface area contributed by atoms with Gasteiger partial charge in [-0.3, -0.25) is 9.59 Å². The molecule has 8 heteroatoms. The zero-order valence-corrected chi connectivity index (χ0v) is 19.7. The highest BCUT2D eigenvalue weighted by atomic mass is 19.4. The van der Waals surface area contributed by atoms with Crippen molar-refractivity contribution in [2.45, 2.75) is 38.3 Å². The molecule has 2 N–H and O–H groups in total. The quantitative estimate of drug-likeness (QED) is 0.284. The fourth-order valence-corrected chi connectivity index (χ4v) is 3.60. The normalized spacial score (nSPS) is 11.2. The molecule has 0 atom stereocenters. The van der Waals surface area contributed by atoms with Gasteiger partial charge in [-0.1, -0.05) is 36.4 Å². The van der Waals surface area contributed by atoms with Gasteiger partial charge < -0.3 is 15.2 Å². The lowest BCUT2D eigenvalue weighted by Crippen LogP contribution is -2.25. The molecule has 3 aromatic carbocycles. The van der Waals surface area contributed by atoms with Crippen LogP contribution >= 0.6 is 0 Å². The highest BCUT2D eigenvalue weighted by molar-refractivity contribution is 5.94. The van der Waals surface area contributed by atoms with Crippen LogP contribution in [0.15, 0.2) is 72.8 Å². The van der Waals surface area contributed by atoms with Crippen LogP contribution in [0.3, 0.4) is 0 Å². The van der Waals surface area contributed by atoms with Crippen molar-refractivity contribution in [1.29, 1.82) is 0 Å². The number of carbonyl (C=O) groups excluding carboxylic acids is 1. The van der Waals surface area contributed by atoms with Gasteiger partial charge in [0, 0.05) is 12.1 Å². The molecule has 0 fully saturated rings. The predicted molar refractivity (Wildman–Crippen MR) is 131 cm³/mol. The van der Waals surface area contributed by atoms with E-state index in [0.29, 0.717) is 23.5 Å². The van der Waals surface area contributed by atoms with Crippen LogP contribution in [0.25, 0.3) is 11.1 Å². The van der Waals surface area contributed by atoms with Gasteiger partial charge in [0.1, 0.15) is 5.75 Å². The van der Waals surface area contributed by atoms with Gasteiger partial charge in [-0.2, -0.15) is 13.2 Å². The molecule has 0 radical (unpaired) electrons. The van der Waals surface area contributed by atoms with E-state index >= 15 is 0 Å². The molecule has 190 valence electrons. The Hall–Kier alpha value is -3.81. The molecule has 0 aliphatic carbocycles. The molecule has 0 bridgehead atoms. The molecule has 0 aromatic heterocycles. The molecule has 36 heavy (non-hydrogen) atoms. The number of ether oxygens (including phenoxy) is 1. The number of carboxylic acids is 1. The molecule has 0 unspecified atom stereocenters. The number of nitrogens with one attached hydrogen (secondary N) is 1. The van der Waals surface area contributed by atoms with E-state index in [4.69, 9.17) is 9.84 Å². The fraction of sp³-hybridized carbons (Fsp3) is 0.286. The zero-order valence-electron chi connectivity index (χ0n) is 19.7. The van der Waals surface area contributed by atoms with Gasteiger partial charge >= 0.3 is 12.1 Å². The van der Waals surface area contributed by atoms with Crippen molar-refractivity contribution < 1.29 is 32.6 Å². The third-order valence-electron chi connectivity index (χ3n) is 5.62. The van der Waals surface area contributed by atoms with E-state index < -0.39 is 17.7 Å². The van der Waals surface area contributed by atoms with Crippen LogP contribution in [0, 0.1) is 0 Å². The molecule has 3 rings (SSSR count). The summed E-state index contributed by atoms with van der Waals surface area (Å²) in [6.07, 6.45) is -0.749. The summed E-state index contributed by atoms with van der Waals surface area (Å²) >= 11 is 0. The highest BCUT2D eigenvalue weighted by Crippen LogP contribution is 2.31. The SMILES string of the molecule is O=C(O)CCNC(=O)c1ccc(CCCCCOc2ccc(-c3ccc(C(F)(F)F)cc3)cc2)cc1. The lowest BCUT2D eigenvalue weighted by molar-refractivity contribution is -0.138. The van der Waals surface area contributed by atoms with Gasteiger partial charge in [0.05, 0.1) is 18.6 Å². The van der Waals surface area contributed by atoms with Crippen molar-refractivity contribution in [2.24, 2.45) is 0 Å². The van der Waals surface area contributed by atoms with E-state index in [0.717, 1.165) is 48.9 Å². The zero-order chi connectivity index (χ0) is 26.0. The average molecular weight is 500 g/mol. The molecule has 0 saturated heterocycles. The average Bonchev–Trinajstić information content (AvgIpc) is 2.86. The first-order chi connectivity index (χ1) is 17.2. The molecule has 0 aliphatic rings. The molecule has 5 nitrogen and oxygen atoms in total. The van der Waals surface area contributed by atoms with Gasteiger partial charge in [-0.25, -0.2) is 0 Å². The molecule has 0 saturated carbocycles. The third-order valence-corrected chi connectivity index (χ3v) is 5.62.